The van der Waals surface area contributed by atoms with Crippen molar-refractivity contribution in [3.8, 4) is 22.3 Å². The summed E-state index contributed by atoms with van der Waals surface area (Å²) in [5.41, 5.74) is 16.4. The normalized spacial score (nSPS) is 13.8. The van der Waals surface area contributed by atoms with Crippen LogP contribution < -0.4 is 4.90 Å². The second-order valence-electron chi connectivity index (χ2n) is 15.3. The van der Waals surface area contributed by atoms with Crippen molar-refractivity contribution in [3.63, 3.8) is 0 Å². The molecule has 2 nitrogen and oxygen atoms in total. The fourth-order valence-electron chi connectivity index (χ4n) is 9.33. The van der Waals surface area contributed by atoms with E-state index in [0.29, 0.717) is 0 Å². The van der Waals surface area contributed by atoms with Gasteiger partial charge >= 0.3 is 0 Å². The molecule has 286 valence electrons. The highest BCUT2D eigenvalue weighted by atomic mass is 15.1. The van der Waals surface area contributed by atoms with Crippen molar-refractivity contribution in [3.05, 3.63) is 258 Å². The van der Waals surface area contributed by atoms with E-state index in [-0.39, 0.29) is 6.04 Å². The van der Waals surface area contributed by atoms with Gasteiger partial charge in [0.15, 0.2) is 0 Å². The summed E-state index contributed by atoms with van der Waals surface area (Å²) in [6, 6.07) is 66.4. The number of rotatable bonds is 11. The number of aryl methyl sites for hydroxylation is 1. The summed E-state index contributed by atoms with van der Waals surface area (Å²) in [4.78, 5) is 2.43. The summed E-state index contributed by atoms with van der Waals surface area (Å²) in [7, 11) is 0. The summed E-state index contributed by atoms with van der Waals surface area (Å²) < 4.78 is 2.42. The minimum absolute atomic E-state index is 0.0432. The Labute approximate surface area is 349 Å². The first-order valence-corrected chi connectivity index (χ1v) is 20.6. The van der Waals surface area contributed by atoms with Crippen LogP contribution in [0.15, 0.2) is 225 Å². The van der Waals surface area contributed by atoms with Gasteiger partial charge in [-0.3, -0.25) is 0 Å². The van der Waals surface area contributed by atoms with Crippen molar-refractivity contribution < 1.29 is 0 Å². The number of hydrogen-bond acceptors (Lipinski definition) is 1. The number of allylic oxidation sites excluding steroid dienone is 6. The third kappa shape index (κ3) is 6.48. The Bertz CT molecular complexity index is 2820. The number of hydrogen-bond donors (Lipinski definition) is 0. The van der Waals surface area contributed by atoms with Gasteiger partial charge in [-0.15, -0.1) is 6.58 Å². The van der Waals surface area contributed by atoms with Gasteiger partial charge in [0.05, 0.1) is 11.5 Å². The van der Waals surface area contributed by atoms with E-state index in [1.165, 1.54) is 61.0 Å². The molecule has 1 aromatic heterocycles. The molecular formula is C57H48N2. The van der Waals surface area contributed by atoms with Crippen LogP contribution in [0.1, 0.15) is 53.4 Å². The summed E-state index contributed by atoms with van der Waals surface area (Å²) >= 11 is 0. The maximum atomic E-state index is 4.30. The molecule has 2 heteroatoms. The first-order chi connectivity index (χ1) is 29.0. The van der Waals surface area contributed by atoms with Crippen LogP contribution in [0.5, 0.6) is 0 Å². The van der Waals surface area contributed by atoms with Gasteiger partial charge in [-0.25, -0.2) is 0 Å². The predicted octanol–water partition coefficient (Wildman–Crippen LogP) is 15.0. The van der Waals surface area contributed by atoms with Crippen LogP contribution >= 0.6 is 0 Å². The number of fused-ring (bicyclic) bond motifs is 4. The molecule has 9 rings (SSSR count). The zero-order valence-corrected chi connectivity index (χ0v) is 34.0. The molecule has 1 aliphatic carbocycles. The van der Waals surface area contributed by atoms with E-state index in [0.717, 1.165) is 22.8 Å². The second kappa shape index (κ2) is 16.0. The molecule has 0 amide bonds. The molecular weight excluding hydrogens is 713 g/mol. The number of anilines is 2. The van der Waals surface area contributed by atoms with E-state index in [9.17, 15) is 0 Å². The van der Waals surface area contributed by atoms with Gasteiger partial charge < -0.3 is 9.47 Å². The quantitative estimate of drug-likeness (QED) is 0.0941. The minimum atomic E-state index is -0.510. The Morgan fingerprint density at radius 1 is 0.610 bits per heavy atom. The Morgan fingerprint density at radius 3 is 1.86 bits per heavy atom. The van der Waals surface area contributed by atoms with Crippen molar-refractivity contribution in [2.24, 2.45) is 0 Å². The van der Waals surface area contributed by atoms with Gasteiger partial charge in [-0.1, -0.05) is 182 Å². The van der Waals surface area contributed by atoms with Gasteiger partial charge in [0, 0.05) is 33.7 Å². The number of para-hydroxylation sites is 1. The number of nitrogens with zero attached hydrogens (tertiary/aromatic N) is 2. The van der Waals surface area contributed by atoms with Crippen LogP contribution in [-0.2, 0) is 5.41 Å². The van der Waals surface area contributed by atoms with Crippen molar-refractivity contribution in [1.82, 2.24) is 4.57 Å². The van der Waals surface area contributed by atoms with Gasteiger partial charge in [-0.2, -0.15) is 0 Å². The molecule has 1 unspecified atom stereocenters. The second-order valence-corrected chi connectivity index (χ2v) is 15.3. The third-order valence-corrected chi connectivity index (χ3v) is 12.0. The fourth-order valence-corrected chi connectivity index (χ4v) is 9.33. The lowest BCUT2D eigenvalue weighted by Crippen LogP contribution is -2.28. The van der Waals surface area contributed by atoms with E-state index in [1.807, 2.05) is 13.0 Å². The lowest BCUT2D eigenvalue weighted by atomic mass is 9.67. The van der Waals surface area contributed by atoms with Gasteiger partial charge in [0.2, 0.25) is 0 Å². The lowest BCUT2D eigenvalue weighted by molar-refractivity contribution is 0.746. The van der Waals surface area contributed by atoms with Crippen molar-refractivity contribution in [2.45, 2.75) is 32.2 Å². The molecule has 1 aliphatic rings. The topological polar surface area (TPSA) is 8.17 Å². The zero-order chi connectivity index (χ0) is 40.3. The third-order valence-electron chi connectivity index (χ3n) is 12.0. The van der Waals surface area contributed by atoms with Crippen molar-refractivity contribution in [1.29, 1.82) is 0 Å². The van der Waals surface area contributed by atoms with Crippen LogP contribution in [0.4, 0.5) is 11.4 Å². The molecule has 1 atom stereocenters. The molecule has 0 bridgehead atoms. The average Bonchev–Trinajstić information content (AvgIpc) is 3.74. The first-order valence-electron chi connectivity index (χ1n) is 20.6. The molecule has 0 saturated heterocycles. The molecule has 59 heavy (non-hydrogen) atoms. The Kier molecular flexibility index (Phi) is 10.1. The van der Waals surface area contributed by atoms with E-state index in [2.05, 4.69) is 242 Å². The van der Waals surface area contributed by atoms with Crippen molar-refractivity contribution in [2.75, 3.05) is 4.90 Å². The minimum Gasteiger partial charge on any atom is -0.330 e. The van der Waals surface area contributed by atoms with Crippen LogP contribution in [0, 0.1) is 6.92 Å². The summed E-state index contributed by atoms with van der Waals surface area (Å²) in [6.45, 7) is 10.8. The standard InChI is InChI=1S/C57H48N2/c1-5-7-11-28-47(6-2)59-55-32-21-19-29-50(55)42(4)56(59)39-41(3)58(48-35-33-44(34-36-48)43-22-12-8-13-23-43)49-37-38-52-51-30-18-20-31-53(51)57(54(52)40-49,45-24-14-9-15-25-45)46-26-16-10-17-27-46/h5-40,47H,2H2,1,3-4H3/b7-5-,28-11-,41-39+. The largest absolute Gasteiger partial charge is 0.330 e. The number of aromatic nitrogens is 1. The Morgan fingerprint density at radius 2 is 1.19 bits per heavy atom. The van der Waals surface area contributed by atoms with E-state index in [4.69, 9.17) is 0 Å². The summed E-state index contributed by atoms with van der Waals surface area (Å²) in [5, 5.41) is 1.24. The van der Waals surface area contributed by atoms with Gasteiger partial charge in [0.25, 0.3) is 0 Å². The predicted molar refractivity (Wildman–Crippen MR) is 251 cm³/mol. The molecule has 0 spiro atoms. The summed E-state index contributed by atoms with van der Waals surface area (Å²) in [6.07, 6.45) is 12.9. The first kappa shape index (κ1) is 37.4. The van der Waals surface area contributed by atoms with E-state index < -0.39 is 5.41 Å². The van der Waals surface area contributed by atoms with Gasteiger partial charge in [-0.05, 0) is 107 Å². The molecule has 0 saturated carbocycles. The molecule has 0 aliphatic heterocycles. The number of benzene rings is 7. The van der Waals surface area contributed by atoms with E-state index in [1.54, 1.807) is 0 Å². The highest BCUT2D eigenvalue weighted by Crippen LogP contribution is 2.57. The highest BCUT2D eigenvalue weighted by Gasteiger charge is 2.46. The molecule has 7 aromatic carbocycles. The maximum absolute atomic E-state index is 4.30. The molecule has 0 N–H and O–H groups in total. The Hall–Kier alpha value is -7.16. The smallest absolute Gasteiger partial charge is 0.0714 e. The van der Waals surface area contributed by atoms with Crippen LogP contribution in [0.3, 0.4) is 0 Å². The van der Waals surface area contributed by atoms with Crippen LogP contribution in [-0.4, -0.2) is 4.57 Å². The zero-order valence-electron chi connectivity index (χ0n) is 34.0. The SMILES string of the molecule is C=CC(/C=C\C=C/C)n1c(/C=C(\C)N(c2ccc(-c3ccccc3)cc2)c2ccc3c(c2)C(c2ccccc2)(c2ccccc2)c2ccccc2-3)c(C)c2ccccc21. The molecule has 8 aromatic rings. The molecule has 0 radical (unpaired) electrons. The lowest BCUT2D eigenvalue weighted by Gasteiger charge is -2.35. The summed E-state index contributed by atoms with van der Waals surface area (Å²) in [5.74, 6) is 0. The molecule has 1 heterocycles. The van der Waals surface area contributed by atoms with Crippen molar-refractivity contribution >= 4 is 28.4 Å². The average molecular weight is 761 g/mol. The monoisotopic (exact) mass is 760 g/mol. The van der Waals surface area contributed by atoms with Crippen LogP contribution in [0.25, 0.3) is 39.2 Å². The van der Waals surface area contributed by atoms with Crippen LogP contribution in [0.2, 0.25) is 0 Å². The van der Waals surface area contributed by atoms with Gasteiger partial charge in [0.1, 0.15) is 0 Å². The fraction of sp³-hybridized carbons (Fsp3) is 0.0877. The molecule has 0 fully saturated rings. The van der Waals surface area contributed by atoms with E-state index >= 15 is 0 Å². The Balaban J connectivity index is 1.29. The highest BCUT2D eigenvalue weighted by molar-refractivity contribution is 5.91. The maximum Gasteiger partial charge on any atom is 0.0714 e.